The fourth-order valence-electron chi connectivity index (χ4n) is 2.58. The van der Waals surface area contributed by atoms with Crippen LogP contribution < -0.4 is 5.32 Å². The number of nitrogens with one attached hydrogen (secondary N) is 1. The number of amides is 4. The smallest absolute Gasteiger partial charge is 0.334 e. The van der Waals surface area contributed by atoms with Crippen LogP contribution in [0.15, 0.2) is 12.2 Å². The standard InChI is InChI=1S/C17H23N3O7/c1-12-2-3-16(24)20(12)27-17(25)7-10-26-11-8-18-13(21)6-9-19-14(22)4-5-15(19)23/h4-5,12H,2-3,6-11H2,1H3,(H,18,21). The number of carbonyl (C=O) groups excluding carboxylic acids is 5. The van der Waals surface area contributed by atoms with Crippen LogP contribution in [0.2, 0.25) is 0 Å². The Morgan fingerprint density at radius 3 is 2.48 bits per heavy atom. The highest BCUT2D eigenvalue weighted by molar-refractivity contribution is 6.13. The van der Waals surface area contributed by atoms with Gasteiger partial charge in [-0.2, -0.15) is 5.06 Å². The van der Waals surface area contributed by atoms with E-state index in [9.17, 15) is 24.0 Å². The van der Waals surface area contributed by atoms with Gasteiger partial charge in [0, 0.05) is 38.1 Å². The molecule has 0 aromatic heterocycles. The number of carbonyl (C=O) groups is 5. The van der Waals surface area contributed by atoms with E-state index in [0.717, 1.165) is 9.96 Å². The molecule has 27 heavy (non-hydrogen) atoms. The highest BCUT2D eigenvalue weighted by Gasteiger charge is 2.31. The van der Waals surface area contributed by atoms with Crippen molar-refractivity contribution in [3.8, 4) is 0 Å². The van der Waals surface area contributed by atoms with Gasteiger partial charge in [-0.25, -0.2) is 4.79 Å². The average molecular weight is 381 g/mol. The van der Waals surface area contributed by atoms with Crippen molar-refractivity contribution in [3.05, 3.63) is 12.2 Å². The van der Waals surface area contributed by atoms with Crippen LogP contribution in [0, 0.1) is 0 Å². The summed E-state index contributed by atoms with van der Waals surface area (Å²) in [5, 5.41) is 3.70. The Morgan fingerprint density at radius 2 is 1.85 bits per heavy atom. The van der Waals surface area contributed by atoms with E-state index in [1.807, 2.05) is 6.92 Å². The Bertz CT molecular complexity index is 628. The van der Waals surface area contributed by atoms with Crippen molar-refractivity contribution >= 4 is 29.6 Å². The first-order valence-electron chi connectivity index (χ1n) is 8.79. The van der Waals surface area contributed by atoms with Crippen molar-refractivity contribution in [3.63, 3.8) is 0 Å². The lowest BCUT2D eigenvalue weighted by Gasteiger charge is -2.19. The molecular weight excluding hydrogens is 358 g/mol. The molecule has 0 spiro atoms. The highest BCUT2D eigenvalue weighted by atomic mass is 16.7. The number of ether oxygens (including phenoxy) is 1. The number of hydroxylamine groups is 2. The number of nitrogens with zero attached hydrogens (tertiary/aromatic N) is 2. The lowest BCUT2D eigenvalue weighted by molar-refractivity contribution is -0.200. The molecular formula is C17H23N3O7. The highest BCUT2D eigenvalue weighted by Crippen LogP contribution is 2.18. The molecule has 2 aliphatic rings. The molecule has 148 valence electrons. The molecule has 1 atom stereocenters. The van der Waals surface area contributed by atoms with Crippen molar-refractivity contribution < 1.29 is 33.5 Å². The summed E-state index contributed by atoms with van der Waals surface area (Å²) in [5.74, 6) is -1.91. The van der Waals surface area contributed by atoms with E-state index in [1.54, 1.807) is 0 Å². The van der Waals surface area contributed by atoms with Gasteiger partial charge in [0.1, 0.15) is 0 Å². The molecule has 0 radical (unpaired) electrons. The molecule has 1 saturated heterocycles. The van der Waals surface area contributed by atoms with Gasteiger partial charge in [-0.15, -0.1) is 0 Å². The van der Waals surface area contributed by atoms with E-state index in [1.165, 1.54) is 12.2 Å². The van der Waals surface area contributed by atoms with E-state index in [-0.39, 0.29) is 57.0 Å². The summed E-state index contributed by atoms with van der Waals surface area (Å²) in [7, 11) is 0. The molecule has 0 aromatic rings. The molecule has 0 aliphatic carbocycles. The zero-order valence-corrected chi connectivity index (χ0v) is 15.1. The first-order valence-corrected chi connectivity index (χ1v) is 8.79. The molecule has 10 nitrogen and oxygen atoms in total. The van der Waals surface area contributed by atoms with Gasteiger partial charge in [0.2, 0.25) is 5.91 Å². The molecule has 1 unspecified atom stereocenters. The molecule has 10 heteroatoms. The van der Waals surface area contributed by atoms with Crippen LogP contribution in [0.3, 0.4) is 0 Å². The number of hydrogen-bond acceptors (Lipinski definition) is 7. The number of hydrogen-bond donors (Lipinski definition) is 1. The van der Waals surface area contributed by atoms with Gasteiger partial charge >= 0.3 is 5.97 Å². The normalized spacial score (nSPS) is 19.1. The van der Waals surface area contributed by atoms with Crippen molar-refractivity contribution in [2.24, 2.45) is 0 Å². The molecule has 4 amide bonds. The van der Waals surface area contributed by atoms with Gasteiger partial charge in [-0.05, 0) is 13.3 Å². The summed E-state index contributed by atoms with van der Waals surface area (Å²) in [6, 6.07) is -0.112. The molecule has 0 saturated carbocycles. The Kier molecular flexibility index (Phi) is 7.47. The quantitative estimate of drug-likeness (QED) is 0.392. The largest absolute Gasteiger partial charge is 0.379 e. The van der Waals surface area contributed by atoms with Crippen LogP contribution in [-0.4, -0.2) is 71.9 Å². The minimum atomic E-state index is -0.547. The van der Waals surface area contributed by atoms with Crippen LogP contribution in [0.5, 0.6) is 0 Å². The monoisotopic (exact) mass is 381 g/mol. The first kappa shape index (κ1) is 20.6. The predicted molar refractivity (Wildman–Crippen MR) is 90.6 cm³/mol. The topological polar surface area (TPSA) is 122 Å². The van der Waals surface area contributed by atoms with E-state index < -0.39 is 17.8 Å². The SMILES string of the molecule is CC1CCC(=O)N1OC(=O)CCOCCNC(=O)CCN1C(=O)C=CC1=O. The maximum atomic E-state index is 11.7. The fourth-order valence-corrected chi connectivity index (χ4v) is 2.58. The average Bonchev–Trinajstić information content (AvgIpc) is 3.12. The third kappa shape index (κ3) is 6.17. The van der Waals surface area contributed by atoms with Crippen LogP contribution in [0.25, 0.3) is 0 Å². The molecule has 2 aliphatic heterocycles. The van der Waals surface area contributed by atoms with E-state index in [2.05, 4.69) is 5.32 Å². The molecule has 0 aromatic carbocycles. The van der Waals surface area contributed by atoms with Gasteiger partial charge in [0.15, 0.2) is 0 Å². The molecule has 0 bridgehead atoms. The summed E-state index contributed by atoms with van der Waals surface area (Å²) in [6.07, 6.45) is 3.38. The van der Waals surface area contributed by atoms with E-state index in [0.29, 0.717) is 12.8 Å². The summed E-state index contributed by atoms with van der Waals surface area (Å²) < 4.78 is 5.24. The van der Waals surface area contributed by atoms with Gasteiger partial charge in [-0.1, -0.05) is 0 Å². The van der Waals surface area contributed by atoms with Crippen LogP contribution >= 0.6 is 0 Å². The lowest BCUT2D eigenvalue weighted by Crippen LogP contribution is -2.35. The zero-order valence-electron chi connectivity index (χ0n) is 15.1. The van der Waals surface area contributed by atoms with E-state index in [4.69, 9.17) is 9.57 Å². The lowest BCUT2D eigenvalue weighted by atomic mass is 10.3. The van der Waals surface area contributed by atoms with Crippen LogP contribution in [-0.2, 0) is 33.5 Å². The van der Waals surface area contributed by atoms with Gasteiger partial charge in [0.05, 0.1) is 25.7 Å². The third-order valence-corrected chi connectivity index (χ3v) is 4.10. The maximum absolute atomic E-state index is 11.7. The minimum absolute atomic E-state index is 0.00334. The van der Waals surface area contributed by atoms with E-state index >= 15 is 0 Å². The van der Waals surface area contributed by atoms with Gasteiger partial charge in [0.25, 0.3) is 17.7 Å². The maximum Gasteiger partial charge on any atom is 0.334 e. The minimum Gasteiger partial charge on any atom is -0.379 e. The van der Waals surface area contributed by atoms with Crippen molar-refractivity contribution in [2.75, 3.05) is 26.3 Å². The summed E-state index contributed by atoms with van der Waals surface area (Å²) in [4.78, 5) is 63.5. The second kappa shape index (κ2) is 9.81. The molecule has 2 rings (SSSR count). The second-order valence-corrected chi connectivity index (χ2v) is 6.19. The van der Waals surface area contributed by atoms with Crippen LogP contribution in [0.1, 0.15) is 32.6 Å². The van der Waals surface area contributed by atoms with Crippen molar-refractivity contribution in [1.82, 2.24) is 15.3 Å². The fraction of sp³-hybridized carbons (Fsp3) is 0.588. The Labute approximate surface area is 156 Å². The third-order valence-electron chi connectivity index (χ3n) is 4.10. The summed E-state index contributed by atoms with van der Waals surface area (Å²) in [6.45, 7) is 2.37. The summed E-state index contributed by atoms with van der Waals surface area (Å²) in [5.41, 5.74) is 0. The Morgan fingerprint density at radius 1 is 1.15 bits per heavy atom. The molecule has 1 fully saturated rings. The zero-order chi connectivity index (χ0) is 19.8. The van der Waals surface area contributed by atoms with Crippen molar-refractivity contribution in [1.29, 1.82) is 0 Å². The first-order chi connectivity index (χ1) is 12.9. The van der Waals surface area contributed by atoms with Crippen LogP contribution in [0.4, 0.5) is 0 Å². The van der Waals surface area contributed by atoms with Gasteiger partial charge in [-0.3, -0.25) is 24.1 Å². The number of rotatable bonds is 10. The predicted octanol–water partition coefficient (Wildman–Crippen LogP) is -0.706. The van der Waals surface area contributed by atoms with Gasteiger partial charge < -0.3 is 14.9 Å². The second-order valence-electron chi connectivity index (χ2n) is 6.19. The Hall–Kier alpha value is -2.75. The molecule has 2 heterocycles. The summed E-state index contributed by atoms with van der Waals surface area (Å²) >= 11 is 0. The molecule has 1 N–H and O–H groups in total. The van der Waals surface area contributed by atoms with Crippen molar-refractivity contribution in [2.45, 2.75) is 38.6 Å². The number of imide groups is 1. The Balaban J connectivity index is 1.49.